The molecule has 7 heteroatoms. The maximum absolute atomic E-state index is 12.1. The molecule has 0 fully saturated rings. The molecule has 0 aliphatic rings. The largest absolute Gasteiger partial charge is 0.494 e. The summed E-state index contributed by atoms with van der Waals surface area (Å²) in [6.45, 7) is 0.371. The van der Waals surface area contributed by atoms with Crippen LogP contribution < -0.4 is 14.8 Å². The van der Waals surface area contributed by atoms with E-state index in [2.05, 4.69) is 17.4 Å². The molecule has 30 heavy (non-hydrogen) atoms. The summed E-state index contributed by atoms with van der Waals surface area (Å²) in [7, 11) is 0. The molecular weight excluding hydrogens is 384 g/mol. The number of benzene rings is 3. The first-order valence-electron chi connectivity index (χ1n) is 9.54. The molecule has 0 aliphatic heterocycles. The number of nitro groups is 1. The second-order valence-corrected chi connectivity index (χ2v) is 6.55. The molecule has 0 saturated heterocycles. The van der Waals surface area contributed by atoms with Crippen molar-refractivity contribution in [3.05, 3.63) is 94.5 Å². The quantitative estimate of drug-likeness (QED) is 0.301. The van der Waals surface area contributed by atoms with Crippen LogP contribution >= 0.6 is 0 Å². The van der Waals surface area contributed by atoms with E-state index in [1.165, 1.54) is 29.8 Å². The van der Waals surface area contributed by atoms with Crippen LogP contribution in [0.5, 0.6) is 11.5 Å². The number of non-ortho nitro benzene ring substituents is 1. The highest BCUT2D eigenvalue weighted by molar-refractivity contribution is 5.92. The van der Waals surface area contributed by atoms with Crippen molar-refractivity contribution in [3.63, 3.8) is 0 Å². The van der Waals surface area contributed by atoms with Crippen molar-refractivity contribution in [1.82, 2.24) is 0 Å². The van der Waals surface area contributed by atoms with Gasteiger partial charge in [-0.3, -0.25) is 14.9 Å². The van der Waals surface area contributed by atoms with Crippen molar-refractivity contribution in [2.45, 2.75) is 12.8 Å². The fourth-order valence-corrected chi connectivity index (χ4v) is 2.78. The standard InChI is InChI=1S/C23H22N2O5/c26-23(17-30-21-13-11-20(12-14-21)25(27)28)24-19-9-4-10-22(16-19)29-15-5-8-18-6-2-1-3-7-18/h1-4,6-7,9-14,16H,5,8,15,17H2,(H,24,26). The number of rotatable bonds is 10. The van der Waals surface area contributed by atoms with Crippen LogP contribution in [0, 0.1) is 10.1 Å². The molecule has 3 aromatic carbocycles. The normalized spacial score (nSPS) is 10.3. The molecule has 1 amide bonds. The van der Waals surface area contributed by atoms with Crippen LogP contribution in [-0.2, 0) is 11.2 Å². The van der Waals surface area contributed by atoms with E-state index < -0.39 is 4.92 Å². The van der Waals surface area contributed by atoms with Gasteiger partial charge >= 0.3 is 0 Å². The molecule has 0 aromatic heterocycles. The second kappa shape index (κ2) is 10.6. The van der Waals surface area contributed by atoms with Gasteiger partial charge < -0.3 is 14.8 Å². The van der Waals surface area contributed by atoms with E-state index in [9.17, 15) is 14.9 Å². The number of anilines is 1. The van der Waals surface area contributed by atoms with Gasteiger partial charge in [0, 0.05) is 23.9 Å². The molecule has 0 bridgehead atoms. The predicted octanol–water partition coefficient (Wildman–Crippen LogP) is 4.62. The van der Waals surface area contributed by atoms with E-state index in [4.69, 9.17) is 9.47 Å². The molecule has 3 aromatic rings. The molecule has 0 aliphatic carbocycles. The van der Waals surface area contributed by atoms with E-state index in [0.29, 0.717) is 23.8 Å². The van der Waals surface area contributed by atoms with Crippen LogP contribution in [0.4, 0.5) is 11.4 Å². The zero-order chi connectivity index (χ0) is 21.2. The highest BCUT2D eigenvalue weighted by atomic mass is 16.6. The number of aryl methyl sites for hydroxylation is 1. The van der Waals surface area contributed by atoms with Crippen LogP contribution in [0.3, 0.4) is 0 Å². The maximum atomic E-state index is 12.1. The van der Waals surface area contributed by atoms with Crippen molar-refractivity contribution < 1.29 is 19.2 Å². The third-order valence-corrected chi connectivity index (χ3v) is 4.26. The first kappa shape index (κ1) is 20.9. The summed E-state index contributed by atoms with van der Waals surface area (Å²) in [5, 5.41) is 13.4. The van der Waals surface area contributed by atoms with E-state index in [-0.39, 0.29) is 18.2 Å². The number of carbonyl (C=O) groups excluding carboxylic acids is 1. The van der Waals surface area contributed by atoms with E-state index in [1.54, 1.807) is 18.2 Å². The van der Waals surface area contributed by atoms with E-state index in [0.717, 1.165) is 12.8 Å². The third kappa shape index (κ3) is 6.63. The number of nitro benzene ring substituents is 1. The Morgan fingerprint density at radius 1 is 0.900 bits per heavy atom. The van der Waals surface area contributed by atoms with Crippen LogP contribution in [-0.4, -0.2) is 24.0 Å². The van der Waals surface area contributed by atoms with Gasteiger partial charge in [0.05, 0.1) is 11.5 Å². The minimum Gasteiger partial charge on any atom is -0.494 e. The summed E-state index contributed by atoms with van der Waals surface area (Å²) in [5.74, 6) is 0.720. The number of hydrogen-bond donors (Lipinski definition) is 1. The molecule has 0 radical (unpaired) electrons. The fraction of sp³-hybridized carbons (Fsp3) is 0.174. The summed E-state index contributed by atoms with van der Waals surface area (Å²) >= 11 is 0. The Morgan fingerprint density at radius 3 is 2.40 bits per heavy atom. The summed E-state index contributed by atoms with van der Waals surface area (Å²) in [4.78, 5) is 22.3. The highest BCUT2D eigenvalue weighted by Gasteiger charge is 2.07. The Balaban J connectivity index is 1.42. The van der Waals surface area contributed by atoms with Crippen molar-refractivity contribution in [2.75, 3.05) is 18.5 Å². The van der Waals surface area contributed by atoms with Crippen LogP contribution in [0.15, 0.2) is 78.9 Å². The lowest BCUT2D eigenvalue weighted by atomic mass is 10.1. The van der Waals surface area contributed by atoms with Crippen LogP contribution in [0.2, 0.25) is 0 Å². The lowest BCUT2D eigenvalue weighted by Crippen LogP contribution is -2.20. The van der Waals surface area contributed by atoms with Crippen LogP contribution in [0.25, 0.3) is 0 Å². The summed E-state index contributed by atoms with van der Waals surface area (Å²) in [6.07, 6.45) is 1.83. The maximum Gasteiger partial charge on any atom is 0.269 e. The van der Waals surface area contributed by atoms with Gasteiger partial charge in [0.25, 0.3) is 11.6 Å². The lowest BCUT2D eigenvalue weighted by molar-refractivity contribution is -0.384. The van der Waals surface area contributed by atoms with Crippen molar-refractivity contribution in [3.8, 4) is 11.5 Å². The number of carbonyl (C=O) groups is 1. The Kier molecular flexibility index (Phi) is 7.38. The number of nitrogens with one attached hydrogen (secondary N) is 1. The molecule has 154 valence electrons. The molecular formula is C23H22N2O5. The minimum absolute atomic E-state index is 0.0348. The fourth-order valence-electron chi connectivity index (χ4n) is 2.78. The number of ether oxygens (including phenoxy) is 2. The number of hydrogen-bond acceptors (Lipinski definition) is 5. The topological polar surface area (TPSA) is 90.7 Å². The van der Waals surface area contributed by atoms with Gasteiger partial charge in [0.1, 0.15) is 11.5 Å². The highest BCUT2D eigenvalue weighted by Crippen LogP contribution is 2.19. The van der Waals surface area contributed by atoms with Crippen molar-refractivity contribution >= 4 is 17.3 Å². The molecule has 1 N–H and O–H groups in total. The molecule has 0 spiro atoms. The molecule has 0 saturated carbocycles. The van der Waals surface area contributed by atoms with Gasteiger partial charge in [-0.25, -0.2) is 0 Å². The average molecular weight is 406 g/mol. The smallest absolute Gasteiger partial charge is 0.269 e. The lowest BCUT2D eigenvalue weighted by Gasteiger charge is -2.10. The van der Waals surface area contributed by atoms with Gasteiger partial charge in [-0.2, -0.15) is 0 Å². The van der Waals surface area contributed by atoms with E-state index in [1.807, 2.05) is 24.3 Å². The Labute approximate surface area is 174 Å². The van der Waals surface area contributed by atoms with Crippen molar-refractivity contribution in [2.24, 2.45) is 0 Å². The Bertz CT molecular complexity index is 974. The summed E-state index contributed by atoms with van der Waals surface area (Å²) < 4.78 is 11.1. The Hall–Kier alpha value is -3.87. The molecule has 0 heterocycles. The number of nitrogens with zero attached hydrogens (tertiary/aromatic N) is 1. The van der Waals surface area contributed by atoms with E-state index >= 15 is 0 Å². The van der Waals surface area contributed by atoms with Gasteiger partial charge in [0.15, 0.2) is 6.61 Å². The van der Waals surface area contributed by atoms with Gasteiger partial charge in [0.2, 0.25) is 0 Å². The third-order valence-electron chi connectivity index (χ3n) is 4.26. The first-order chi connectivity index (χ1) is 14.6. The molecule has 0 atom stereocenters. The zero-order valence-electron chi connectivity index (χ0n) is 16.3. The number of amides is 1. The minimum atomic E-state index is -0.493. The summed E-state index contributed by atoms with van der Waals surface area (Å²) in [6, 6.07) is 22.9. The SMILES string of the molecule is O=C(COc1ccc([N+](=O)[O-])cc1)Nc1cccc(OCCCc2ccccc2)c1. The van der Waals surface area contributed by atoms with Gasteiger partial charge in [-0.05, 0) is 42.7 Å². The zero-order valence-corrected chi connectivity index (χ0v) is 16.3. The first-order valence-corrected chi connectivity index (χ1v) is 9.54. The van der Waals surface area contributed by atoms with Crippen molar-refractivity contribution in [1.29, 1.82) is 0 Å². The monoisotopic (exact) mass is 406 g/mol. The average Bonchev–Trinajstić information content (AvgIpc) is 2.76. The molecule has 3 rings (SSSR count). The van der Waals surface area contributed by atoms with Crippen LogP contribution in [0.1, 0.15) is 12.0 Å². The van der Waals surface area contributed by atoms with Gasteiger partial charge in [-0.15, -0.1) is 0 Å². The summed E-state index contributed by atoms with van der Waals surface area (Å²) in [5.41, 5.74) is 1.84. The predicted molar refractivity (Wildman–Crippen MR) is 114 cm³/mol. The molecule has 0 unspecified atom stereocenters. The van der Waals surface area contributed by atoms with Gasteiger partial charge in [-0.1, -0.05) is 36.4 Å². The molecule has 7 nitrogen and oxygen atoms in total. The second-order valence-electron chi connectivity index (χ2n) is 6.55. The Morgan fingerprint density at radius 2 is 1.67 bits per heavy atom.